The molecular formula is C10H19N3O2. The lowest BCUT2D eigenvalue weighted by atomic mass is 10.1. The van der Waals surface area contributed by atoms with Crippen LogP contribution in [0.1, 0.15) is 26.2 Å². The van der Waals surface area contributed by atoms with Gasteiger partial charge in [0.1, 0.15) is 0 Å². The minimum atomic E-state index is -0.556. The van der Waals surface area contributed by atoms with Gasteiger partial charge in [-0.3, -0.25) is 9.59 Å². The van der Waals surface area contributed by atoms with Crippen molar-refractivity contribution < 1.29 is 9.59 Å². The topological polar surface area (TPSA) is 75.4 Å². The second-order valence-corrected chi connectivity index (χ2v) is 3.95. The third kappa shape index (κ3) is 3.87. The molecule has 86 valence electrons. The first kappa shape index (κ1) is 12.0. The number of likely N-dealkylation sites (tertiary alicyclic amines) is 1. The highest BCUT2D eigenvalue weighted by atomic mass is 16.2. The second-order valence-electron chi connectivity index (χ2n) is 3.95. The van der Waals surface area contributed by atoms with E-state index in [0.717, 1.165) is 25.9 Å². The molecule has 1 unspecified atom stereocenters. The largest absolute Gasteiger partial charge is 0.346 e. The summed E-state index contributed by atoms with van der Waals surface area (Å²) in [5, 5.41) is 2.52. The first-order valence-corrected chi connectivity index (χ1v) is 5.42. The molecule has 5 heteroatoms. The van der Waals surface area contributed by atoms with Crippen molar-refractivity contribution in [3.05, 3.63) is 0 Å². The van der Waals surface area contributed by atoms with Gasteiger partial charge in [-0.05, 0) is 26.2 Å². The zero-order chi connectivity index (χ0) is 11.3. The van der Waals surface area contributed by atoms with Gasteiger partial charge in [0.05, 0.1) is 12.6 Å². The number of rotatable bonds is 3. The molecule has 15 heavy (non-hydrogen) atoms. The summed E-state index contributed by atoms with van der Waals surface area (Å²) in [5.74, 6) is -0.288. The minimum absolute atomic E-state index is 0.0105. The molecule has 0 aromatic rings. The Labute approximate surface area is 90.0 Å². The Hall–Kier alpha value is -1.10. The van der Waals surface area contributed by atoms with Crippen LogP contribution in [0, 0.1) is 0 Å². The third-order valence-electron chi connectivity index (χ3n) is 2.54. The van der Waals surface area contributed by atoms with Crippen molar-refractivity contribution >= 4 is 11.8 Å². The number of piperidine rings is 1. The van der Waals surface area contributed by atoms with Gasteiger partial charge in [-0.2, -0.15) is 0 Å². The van der Waals surface area contributed by atoms with Crippen molar-refractivity contribution in [3.63, 3.8) is 0 Å². The first-order valence-electron chi connectivity index (χ1n) is 5.42. The van der Waals surface area contributed by atoms with Crippen molar-refractivity contribution in [1.29, 1.82) is 0 Å². The number of nitrogens with one attached hydrogen (secondary N) is 1. The molecule has 1 atom stereocenters. The Balaban J connectivity index is 2.26. The number of amides is 2. The molecule has 1 saturated heterocycles. The van der Waals surface area contributed by atoms with Crippen LogP contribution in [0.3, 0.4) is 0 Å². The number of hydrogen-bond acceptors (Lipinski definition) is 3. The van der Waals surface area contributed by atoms with E-state index < -0.39 is 6.04 Å². The maximum Gasteiger partial charge on any atom is 0.241 e. The van der Waals surface area contributed by atoms with Gasteiger partial charge in [-0.1, -0.05) is 0 Å². The molecule has 0 spiro atoms. The number of carbonyl (C=O) groups excluding carboxylic acids is 2. The summed E-state index contributed by atoms with van der Waals surface area (Å²) in [7, 11) is 0. The highest BCUT2D eigenvalue weighted by molar-refractivity contribution is 5.87. The lowest BCUT2D eigenvalue weighted by Gasteiger charge is -2.26. The van der Waals surface area contributed by atoms with Crippen LogP contribution in [0.2, 0.25) is 0 Å². The average molecular weight is 213 g/mol. The lowest BCUT2D eigenvalue weighted by molar-refractivity contribution is -0.133. The molecular weight excluding hydrogens is 194 g/mol. The SMILES string of the molecule is CC(N)C(=O)NCC(=O)N1CCCCC1. The highest BCUT2D eigenvalue weighted by Gasteiger charge is 2.17. The van der Waals surface area contributed by atoms with Crippen LogP contribution in [-0.2, 0) is 9.59 Å². The van der Waals surface area contributed by atoms with E-state index in [2.05, 4.69) is 5.32 Å². The summed E-state index contributed by atoms with van der Waals surface area (Å²) in [5.41, 5.74) is 5.36. The Morgan fingerprint density at radius 3 is 2.47 bits per heavy atom. The number of nitrogens with zero attached hydrogens (tertiary/aromatic N) is 1. The van der Waals surface area contributed by atoms with Crippen LogP contribution < -0.4 is 11.1 Å². The summed E-state index contributed by atoms with van der Waals surface area (Å²) in [6.07, 6.45) is 3.32. The van der Waals surface area contributed by atoms with Gasteiger partial charge in [0.2, 0.25) is 11.8 Å². The van der Waals surface area contributed by atoms with E-state index in [9.17, 15) is 9.59 Å². The molecule has 2 amide bonds. The maximum atomic E-state index is 11.6. The zero-order valence-electron chi connectivity index (χ0n) is 9.16. The van der Waals surface area contributed by atoms with Gasteiger partial charge in [0.25, 0.3) is 0 Å². The smallest absolute Gasteiger partial charge is 0.241 e. The van der Waals surface area contributed by atoms with Crippen molar-refractivity contribution in [2.24, 2.45) is 5.73 Å². The zero-order valence-corrected chi connectivity index (χ0v) is 9.16. The predicted molar refractivity (Wildman–Crippen MR) is 57.1 cm³/mol. The summed E-state index contributed by atoms with van der Waals surface area (Å²) >= 11 is 0. The van der Waals surface area contributed by atoms with Gasteiger partial charge in [-0.15, -0.1) is 0 Å². The van der Waals surface area contributed by atoms with E-state index in [1.807, 2.05) is 0 Å². The van der Waals surface area contributed by atoms with E-state index in [4.69, 9.17) is 5.73 Å². The van der Waals surface area contributed by atoms with E-state index in [1.54, 1.807) is 11.8 Å². The van der Waals surface area contributed by atoms with E-state index >= 15 is 0 Å². The minimum Gasteiger partial charge on any atom is -0.346 e. The molecule has 5 nitrogen and oxygen atoms in total. The normalized spacial score (nSPS) is 18.4. The molecule has 1 heterocycles. The number of hydrogen-bond donors (Lipinski definition) is 2. The molecule has 0 bridgehead atoms. The summed E-state index contributed by atoms with van der Waals surface area (Å²) in [4.78, 5) is 24.5. The van der Waals surface area contributed by atoms with Crippen LogP contribution in [0.4, 0.5) is 0 Å². The standard InChI is InChI=1S/C10H19N3O2/c1-8(11)10(15)12-7-9(14)13-5-3-2-4-6-13/h8H,2-7,11H2,1H3,(H,12,15). The van der Waals surface area contributed by atoms with Gasteiger partial charge in [0.15, 0.2) is 0 Å². The Morgan fingerprint density at radius 1 is 1.33 bits per heavy atom. The predicted octanol–water partition coefficient (Wildman–Crippen LogP) is -0.538. The molecule has 1 aliphatic rings. The van der Waals surface area contributed by atoms with Crippen LogP contribution in [0.25, 0.3) is 0 Å². The molecule has 0 aromatic carbocycles. The van der Waals surface area contributed by atoms with E-state index in [-0.39, 0.29) is 18.4 Å². The number of carbonyl (C=O) groups is 2. The fourth-order valence-electron chi connectivity index (χ4n) is 1.58. The van der Waals surface area contributed by atoms with Crippen molar-refractivity contribution in [2.45, 2.75) is 32.2 Å². The van der Waals surface area contributed by atoms with Gasteiger partial charge < -0.3 is 16.0 Å². The van der Waals surface area contributed by atoms with Crippen molar-refractivity contribution in [3.8, 4) is 0 Å². The molecule has 3 N–H and O–H groups in total. The molecule has 0 aliphatic carbocycles. The Bertz CT molecular complexity index is 235. The van der Waals surface area contributed by atoms with Gasteiger partial charge in [0, 0.05) is 13.1 Å². The quantitative estimate of drug-likeness (QED) is 0.661. The summed E-state index contributed by atoms with van der Waals surface area (Å²) < 4.78 is 0. The van der Waals surface area contributed by atoms with Crippen LogP contribution in [0.15, 0.2) is 0 Å². The number of nitrogens with two attached hydrogens (primary N) is 1. The fraction of sp³-hybridized carbons (Fsp3) is 0.800. The van der Waals surface area contributed by atoms with E-state index in [0.29, 0.717) is 0 Å². The molecule has 0 radical (unpaired) electrons. The molecule has 1 rings (SSSR count). The van der Waals surface area contributed by atoms with Gasteiger partial charge in [-0.25, -0.2) is 0 Å². The molecule has 1 aliphatic heterocycles. The molecule has 1 fully saturated rings. The Morgan fingerprint density at radius 2 is 1.93 bits per heavy atom. The summed E-state index contributed by atoms with van der Waals surface area (Å²) in [6.45, 7) is 3.29. The van der Waals surface area contributed by atoms with Crippen LogP contribution in [0.5, 0.6) is 0 Å². The monoisotopic (exact) mass is 213 g/mol. The molecule has 0 aromatic heterocycles. The highest BCUT2D eigenvalue weighted by Crippen LogP contribution is 2.08. The molecule has 0 saturated carbocycles. The fourth-order valence-corrected chi connectivity index (χ4v) is 1.58. The van der Waals surface area contributed by atoms with Crippen LogP contribution in [-0.4, -0.2) is 42.4 Å². The average Bonchev–Trinajstić information content (AvgIpc) is 2.26. The van der Waals surface area contributed by atoms with Crippen LogP contribution >= 0.6 is 0 Å². The lowest BCUT2D eigenvalue weighted by Crippen LogP contribution is -2.46. The first-order chi connectivity index (χ1) is 7.11. The van der Waals surface area contributed by atoms with E-state index in [1.165, 1.54) is 6.42 Å². The van der Waals surface area contributed by atoms with Crippen molar-refractivity contribution in [1.82, 2.24) is 10.2 Å². The van der Waals surface area contributed by atoms with Gasteiger partial charge >= 0.3 is 0 Å². The summed E-state index contributed by atoms with van der Waals surface area (Å²) in [6, 6.07) is -0.556. The Kier molecular flexibility index (Phi) is 4.55. The third-order valence-corrected chi connectivity index (χ3v) is 2.54. The van der Waals surface area contributed by atoms with Crippen molar-refractivity contribution in [2.75, 3.05) is 19.6 Å². The maximum absolute atomic E-state index is 11.6. The second kappa shape index (κ2) is 5.70.